The van der Waals surface area contributed by atoms with Crippen LogP contribution in [0.3, 0.4) is 0 Å². The van der Waals surface area contributed by atoms with E-state index in [0.717, 1.165) is 16.9 Å². The first-order valence-electron chi connectivity index (χ1n) is 7.31. The molecule has 3 rings (SSSR count). The normalized spacial score (nSPS) is 11.7. The predicted molar refractivity (Wildman–Crippen MR) is 90.0 cm³/mol. The van der Waals surface area contributed by atoms with Gasteiger partial charge in [-0.3, -0.25) is 0 Å². The van der Waals surface area contributed by atoms with E-state index in [9.17, 15) is 13.2 Å². The summed E-state index contributed by atoms with van der Waals surface area (Å²) in [6.45, 7) is 0.230. The molecule has 3 heterocycles. The Labute approximate surface area is 147 Å². The molecule has 0 saturated heterocycles. The minimum absolute atomic E-state index is 0.0601. The van der Waals surface area contributed by atoms with E-state index in [1.165, 1.54) is 19.5 Å². The summed E-state index contributed by atoms with van der Waals surface area (Å²) in [6.07, 6.45) is 6.10. The van der Waals surface area contributed by atoms with E-state index >= 15 is 0 Å². The van der Waals surface area contributed by atoms with Crippen LogP contribution >= 0.6 is 11.3 Å². The van der Waals surface area contributed by atoms with E-state index in [1.807, 2.05) is 0 Å². The Kier molecular flexibility index (Phi) is 5.06. The molecule has 0 aliphatic rings. The minimum Gasteiger partial charge on any atom is -0.465 e. The number of sulfonamides is 1. The molecule has 0 atom stereocenters. The number of rotatable bonds is 7. The van der Waals surface area contributed by atoms with Crippen molar-refractivity contribution in [2.24, 2.45) is 0 Å². The van der Waals surface area contributed by atoms with E-state index in [1.54, 1.807) is 22.3 Å². The van der Waals surface area contributed by atoms with Crippen LogP contribution in [0.15, 0.2) is 35.1 Å². The van der Waals surface area contributed by atoms with E-state index in [-0.39, 0.29) is 16.3 Å². The first kappa shape index (κ1) is 17.5. The molecule has 3 aromatic rings. The largest absolute Gasteiger partial charge is 0.465 e. The minimum atomic E-state index is -3.77. The molecule has 0 aliphatic heterocycles. The molecule has 0 saturated carbocycles. The molecule has 3 aromatic heterocycles. The number of thiophene rings is 1. The standard InChI is InChI=1S/C14H15N5O4S2/c1-23-13(20)12-11(4-6-24-12)25(21,22)18-5-2-3-10-7-15-14-16-9-17-19(14)8-10/h4,6-9,18H,2-3,5H2,1H3. The van der Waals surface area contributed by atoms with E-state index in [2.05, 4.69) is 24.5 Å². The number of carbonyl (C=O) groups excluding carboxylic acids is 1. The summed E-state index contributed by atoms with van der Waals surface area (Å²) >= 11 is 1.03. The zero-order chi connectivity index (χ0) is 17.9. The molecule has 9 nitrogen and oxygen atoms in total. The lowest BCUT2D eigenvalue weighted by Crippen LogP contribution is -2.26. The Morgan fingerprint density at radius 2 is 2.24 bits per heavy atom. The first-order chi connectivity index (χ1) is 12.0. The van der Waals surface area contributed by atoms with Crippen LogP contribution in [0, 0.1) is 0 Å². The van der Waals surface area contributed by atoms with Crippen molar-refractivity contribution in [1.82, 2.24) is 24.3 Å². The molecule has 1 N–H and O–H groups in total. The molecule has 0 bridgehead atoms. The lowest BCUT2D eigenvalue weighted by atomic mass is 10.2. The fraction of sp³-hybridized carbons (Fsp3) is 0.286. The number of ether oxygens (including phenoxy) is 1. The Bertz CT molecular complexity index is 995. The Morgan fingerprint density at radius 1 is 1.40 bits per heavy atom. The Balaban J connectivity index is 1.59. The molecule has 132 valence electrons. The van der Waals surface area contributed by atoms with Crippen LogP contribution in [0.1, 0.15) is 21.7 Å². The number of hydrogen-bond donors (Lipinski definition) is 1. The summed E-state index contributed by atoms with van der Waals surface area (Å²) in [6, 6.07) is 1.39. The monoisotopic (exact) mass is 381 g/mol. The molecular formula is C14H15N5O4S2. The highest BCUT2D eigenvalue weighted by molar-refractivity contribution is 7.89. The second-order valence-electron chi connectivity index (χ2n) is 5.07. The second-order valence-corrected chi connectivity index (χ2v) is 7.73. The van der Waals surface area contributed by atoms with Crippen molar-refractivity contribution in [3.63, 3.8) is 0 Å². The first-order valence-corrected chi connectivity index (χ1v) is 9.67. The van der Waals surface area contributed by atoms with Gasteiger partial charge >= 0.3 is 5.97 Å². The molecule has 0 unspecified atom stereocenters. The summed E-state index contributed by atoms with van der Waals surface area (Å²) in [4.78, 5) is 19.7. The van der Waals surface area contributed by atoms with Crippen LogP contribution in [-0.4, -0.2) is 47.6 Å². The van der Waals surface area contributed by atoms with Crippen LogP contribution in [0.4, 0.5) is 0 Å². The van der Waals surface area contributed by atoms with Crippen molar-refractivity contribution in [2.45, 2.75) is 17.7 Å². The average molecular weight is 381 g/mol. The Hall–Kier alpha value is -2.37. The quantitative estimate of drug-likeness (QED) is 0.477. The highest BCUT2D eigenvalue weighted by atomic mass is 32.2. The van der Waals surface area contributed by atoms with E-state index < -0.39 is 16.0 Å². The maximum atomic E-state index is 12.3. The van der Waals surface area contributed by atoms with E-state index in [0.29, 0.717) is 18.6 Å². The third kappa shape index (κ3) is 3.83. The van der Waals surface area contributed by atoms with Gasteiger partial charge in [-0.25, -0.2) is 27.4 Å². The fourth-order valence-corrected chi connectivity index (χ4v) is 4.62. The summed E-state index contributed by atoms with van der Waals surface area (Å²) in [5.41, 5.74) is 0.919. The maximum absolute atomic E-state index is 12.3. The predicted octanol–water partition coefficient (Wildman–Crippen LogP) is 0.883. The lowest BCUT2D eigenvalue weighted by Gasteiger charge is -2.07. The van der Waals surface area contributed by atoms with Gasteiger partial charge in [-0.1, -0.05) is 0 Å². The third-order valence-electron chi connectivity index (χ3n) is 3.41. The van der Waals surface area contributed by atoms with Gasteiger partial charge < -0.3 is 4.74 Å². The molecule has 0 aromatic carbocycles. The smallest absolute Gasteiger partial charge is 0.349 e. The highest BCUT2D eigenvalue weighted by Crippen LogP contribution is 2.22. The number of esters is 1. The zero-order valence-corrected chi connectivity index (χ0v) is 14.9. The molecular weight excluding hydrogens is 366 g/mol. The van der Waals surface area contributed by atoms with Gasteiger partial charge in [0.05, 0.1) is 7.11 Å². The lowest BCUT2D eigenvalue weighted by molar-refractivity contribution is 0.0602. The van der Waals surface area contributed by atoms with Crippen LogP contribution in [0.2, 0.25) is 0 Å². The maximum Gasteiger partial charge on any atom is 0.349 e. The number of nitrogens with one attached hydrogen (secondary N) is 1. The topological polar surface area (TPSA) is 116 Å². The number of nitrogens with zero attached hydrogens (tertiary/aromatic N) is 4. The molecule has 0 amide bonds. The summed E-state index contributed by atoms with van der Waals surface area (Å²) in [7, 11) is -2.55. The van der Waals surface area contributed by atoms with Crippen LogP contribution < -0.4 is 4.72 Å². The summed E-state index contributed by atoms with van der Waals surface area (Å²) in [5, 5.41) is 5.55. The summed E-state index contributed by atoms with van der Waals surface area (Å²) in [5.74, 6) is -0.153. The molecule has 0 aliphatic carbocycles. The zero-order valence-electron chi connectivity index (χ0n) is 13.2. The van der Waals surface area contributed by atoms with Crippen LogP contribution in [0.25, 0.3) is 5.78 Å². The number of hydrogen-bond acceptors (Lipinski definition) is 8. The molecule has 0 spiro atoms. The molecule has 25 heavy (non-hydrogen) atoms. The van der Waals surface area contributed by atoms with Gasteiger partial charge in [0, 0.05) is 18.9 Å². The molecule has 11 heteroatoms. The number of carbonyl (C=O) groups is 1. The number of aromatic nitrogens is 4. The van der Waals surface area contributed by atoms with Crippen LogP contribution in [0.5, 0.6) is 0 Å². The van der Waals surface area contributed by atoms with Crippen molar-refractivity contribution in [1.29, 1.82) is 0 Å². The van der Waals surface area contributed by atoms with Crippen molar-refractivity contribution >= 4 is 33.1 Å². The second kappa shape index (κ2) is 7.25. The van der Waals surface area contributed by atoms with Crippen molar-refractivity contribution in [3.05, 3.63) is 40.6 Å². The van der Waals surface area contributed by atoms with Gasteiger partial charge in [0.25, 0.3) is 5.78 Å². The fourth-order valence-electron chi connectivity index (χ4n) is 2.22. The SMILES string of the molecule is COC(=O)c1sccc1S(=O)(=O)NCCCc1cnc2ncnn2c1. The number of methoxy groups -OCH3 is 1. The van der Waals surface area contributed by atoms with Gasteiger partial charge in [-0.15, -0.1) is 11.3 Å². The number of aryl methyl sites for hydroxylation is 1. The van der Waals surface area contributed by atoms with Gasteiger partial charge in [-0.05, 0) is 29.9 Å². The third-order valence-corrected chi connectivity index (χ3v) is 5.94. The van der Waals surface area contributed by atoms with Gasteiger partial charge in [0.1, 0.15) is 16.1 Å². The van der Waals surface area contributed by atoms with Crippen molar-refractivity contribution in [3.8, 4) is 0 Å². The van der Waals surface area contributed by atoms with Crippen LogP contribution in [-0.2, 0) is 21.2 Å². The molecule has 0 fully saturated rings. The number of fused-ring (bicyclic) bond motifs is 1. The Morgan fingerprint density at radius 3 is 3.04 bits per heavy atom. The molecule has 0 radical (unpaired) electrons. The van der Waals surface area contributed by atoms with Gasteiger partial charge in [0.15, 0.2) is 0 Å². The van der Waals surface area contributed by atoms with Crippen molar-refractivity contribution in [2.75, 3.05) is 13.7 Å². The van der Waals surface area contributed by atoms with Gasteiger partial charge in [0.2, 0.25) is 10.0 Å². The van der Waals surface area contributed by atoms with E-state index in [4.69, 9.17) is 0 Å². The van der Waals surface area contributed by atoms with Gasteiger partial charge in [-0.2, -0.15) is 10.1 Å². The van der Waals surface area contributed by atoms with Crippen molar-refractivity contribution < 1.29 is 17.9 Å². The highest BCUT2D eigenvalue weighted by Gasteiger charge is 2.24. The average Bonchev–Trinajstić information content (AvgIpc) is 3.26. The summed E-state index contributed by atoms with van der Waals surface area (Å²) < 4.78 is 33.3.